The van der Waals surface area contributed by atoms with E-state index in [-0.39, 0.29) is 11.9 Å². The van der Waals surface area contributed by atoms with Crippen LogP contribution >= 0.6 is 11.3 Å². The highest BCUT2D eigenvalue weighted by molar-refractivity contribution is 7.12. The van der Waals surface area contributed by atoms with Crippen LogP contribution in [0.4, 0.5) is 0 Å². The monoisotopic (exact) mass is 264 g/mol. The number of carbonyl (C=O) groups is 1. The molecule has 1 saturated carbocycles. The van der Waals surface area contributed by atoms with Gasteiger partial charge in [-0.25, -0.2) is 0 Å². The van der Waals surface area contributed by atoms with Crippen molar-refractivity contribution in [3.05, 3.63) is 21.4 Å². The second-order valence-electron chi connectivity index (χ2n) is 5.40. The summed E-state index contributed by atoms with van der Waals surface area (Å²) in [6.07, 6.45) is 6.10. The van der Waals surface area contributed by atoms with Crippen LogP contribution in [-0.4, -0.2) is 18.0 Å². The van der Waals surface area contributed by atoms with Crippen molar-refractivity contribution in [3.8, 4) is 0 Å². The lowest BCUT2D eigenvalue weighted by molar-refractivity contribution is -0.122. The molecule has 4 heteroatoms. The van der Waals surface area contributed by atoms with Crippen molar-refractivity contribution >= 4 is 17.2 Å². The highest BCUT2D eigenvalue weighted by Gasteiger charge is 2.25. The van der Waals surface area contributed by atoms with Crippen LogP contribution in [0.25, 0.3) is 0 Å². The second kappa shape index (κ2) is 5.02. The number of thiophene rings is 1. The molecule has 1 aromatic heterocycles. The van der Waals surface area contributed by atoms with Gasteiger partial charge >= 0.3 is 0 Å². The van der Waals surface area contributed by atoms with Gasteiger partial charge in [0, 0.05) is 22.3 Å². The summed E-state index contributed by atoms with van der Waals surface area (Å²) in [7, 11) is 0. The SMILES string of the molecule is CC(NCc1cc2c(s1)CCC2)C(=O)NC1CC1. The number of fused-ring (bicyclic) bond motifs is 1. The molecule has 98 valence electrons. The van der Waals surface area contributed by atoms with E-state index in [1.54, 1.807) is 4.88 Å². The largest absolute Gasteiger partial charge is 0.352 e. The van der Waals surface area contributed by atoms with Crippen LogP contribution in [0.15, 0.2) is 6.07 Å². The Morgan fingerprint density at radius 2 is 2.33 bits per heavy atom. The zero-order chi connectivity index (χ0) is 12.5. The molecule has 1 atom stereocenters. The summed E-state index contributed by atoms with van der Waals surface area (Å²) in [5.74, 6) is 0.140. The number of hydrogen-bond donors (Lipinski definition) is 2. The molecule has 1 fully saturated rings. The van der Waals surface area contributed by atoms with Crippen molar-refractivity contribution in [2.24, 2.45) is 0 Å². The summed E-state index contributed by atoms with van der Waals surface area (Å²) in [4.78, 5) is 14.7. The van der Waals surface area contributed by atoms with Crippen LogP contribution in [0.5, 0.6) is 0 Å². The topological polar surface area (TPSA) is 41.1 Å². The van der Waals surface area contributed by atoms with Crippen LogP contribution in [-0.2, 0) is 24.2 Å². The highest BCUT2D eigenvalue weighted by Crippen LogP contribution is 2.30. The summed E-state index contributed by atoms with van der Waals surface area (Å²) in [6.45, 7) is 2.76. The van der Waals surface area contributed by atoms with Crippen molar-refractivity contribution in [2.45, 2.75) is 57.7 Å². The van der Waals surface area contributed by atoms with Crippen LogP contribution < -0.4 is 10.6 Å². The van der Waals surface area contributed by atoms with Crippen molar-refractivity contribution in [1.29, 1.82) is 0 Å². The molecule has 2 aliphatic rings. The second-order valence-corrected chi connectivity index (χ2v) is 6.62. The predicted molar refractivity (Wildman–Crippen MR) is 73.8 cm³/mol. The number of aryl methyl sites for hydroxylation is 2. The van der Waals surface area contributed by atoms with Gasteiger partial charge in [-0.2, -0.15) is 0 Å². The molecule has 1 aromatic rings. The molecule has 18 heavy (non-hydrogen) atoms. The maximum Gasteiger partial charge on any atom is 0.237 e. The third-order valence-electron chi connectivity index (χ3n) is 3.70. The van der Waals surface area contributed by atoms with E-state index in [2.05, 4.69) is 16.7 Å². The lowest BCUT2D eigenvalue weighted by atomic mass is 10.2. The Labute approximate surface area is 112 Å². The van der Waals surface area contributed by atoms with E-state index in [9.17, 15) is 4.79 Å². The molecular weight excluding hydrogens is 244 g/mol. The average Bonchev–Trinajstić information content (AvgIpc) is 2.90. The average molecular weight is 264 g/mol. The van der Waals surface area contributed by atoms with Crippen molar-refractivity contribution in [2.75, 3.05) is 0 Å². The minimum absolute atomic E-state index is 0.0949. The molecular formula is C14H20N2OS. The molecule has 0 bridgehead atoms. The Morgan fingerprint density at radius 1 is 1.50 bits per heavy atom. The molecule has 1 heterocycles. The molecule has 1 unspecified atom stereocenters. The quantitative estimate of drug-likeness (QED) is 0.854. The number of hydrogen-bond acceptors (Lipinski definition) is 3. The van der Waals surface area contributed by atoms with E-state index < -0.39 is 0 Å². The standard InChI is InChI=1S/C14H20N2OS/c1-9(14(17)16-11-5-6-11)15-8-12-7-10-3-2-4-13(10)18-12/h7,9,11,15H,2-6,8H2,1H3,(H,16,17). The molecule has 3 nitrogen and oxygen atoms in total. The van der Waals surface area contributed by atoms with E-state index in [1.165, 1.54) is 29.7 Å². The smallest absolute Gasteiger partial charge is 0.237 e. The molecule has 2 N–H and O–H groups in total. The van der Waals surface area contributed by atoms with E-state index in [0.29, 0.717) is 6.04 Å². The first-order valence-corrected chi connectivity index (χ1v) is 7.68. The van der Waals surface area contributed by atoms with Crippen molar-refractivity contribution < 1.29 is 4.79 Å². The molecule has 0 radical (unpaired) electrons. The van der Waals surface area contributed by atoms with Gasteiger partial charge < -0.3 is 10.6 Å². The maximum absolute atomic E-state index is 11.8. The van der Waals surface area contributed by atoms with E-state index >= 15 is 0 Å². The highest BCUT2D eigenvalue weighted by atomic mass is 32.1. The summed E-state index contributed by atoms with van der Waals surface area (Å²) >= 11 is 1.91. The Hall–Kier alpha value is -0.870. The predicted octanol–water partition coefficient (Wildman–Crippen LogP) is 1.99. The van der Waals surface area contributed by atoms with Gasteiger partial charge in [0.25, 0.3) is 0 Å². The fourth-order valence-corrected chi connectivity index (χ4v) is 3.59. The maximum atomic E-state index is 11.8. The van der Waals surface area contributed by atoms with Gasteiger partial charge in [-0.15, -0.1) is 11.3 Å². The van der Waals surface area contributed by atoms with Gasteiger partial charge in [-0.05, 0) is 50.7 Å². The zero-order valence-electron chi connectivity index (χ0n) is 10.8. The first kappa shape index (κ1) is 12.2. The number of amides is 1. The first-order valence-electron chi connectivity index (χ1n) is 6.86. The minimum Gasteiger partial charge on any atom is -0.352 e. The van der Waals surface area contributed by atoms with Crippen LogP contribution in [0, 0.1) is 0 Å². The number of nitrogens with one attached hydrogen (secondary N) is 2. The third kappa shape index (κ3) is 2.75. The fourth-order valence-electron chi connectivity index (χ4n) is 2.38. The van der Waals surface area contributed by atoms with E-state index in [0.717, 1.165) is 19.4 Å². The lowest BCUT2D eigenvalue weighted by Crippen LogP contribution is -2.42. The van der Waals surface area contributed by atoms with Gasteiger partial charge in [-0.1, -0.05) is 0 Å². The van der Waals surface area contributed by atoms with Gasteiger partial charge in [0.05, 0.1) is 6.04 Å². The van der Waals surface area contributed by atoms with E-state index in [1.807, 2.05) is 18.3 Å². The Morgan fingerprint density at radius 3 is 3.06 bits per heavy atom. The van der Waals surface area contributed by atoms with Gasteiger partial charge in [0.1, 0.15) is 0 Å². The molecule has 0 spiro atoms. The van der Waals surface area contributed by atoms with Crippen molar-refractivity contribution in [3.63, 3.8) is 0 Å². The van der Waals surface area contributed by atoms with Gasteiger partial charge in [0.15, 0.2) is 0 Å². The summed E-state index contributed by atoms with van der Waals surface area (Å²) in [6, 6.07) is 2.67. The summed E-state index contributed by atoms with van der Waals surface area (Å²) < 4.78 is 0. The molecule has 0 saturated heterocycles. The molecule has 3 rings (SSSR count). The molecule has 0 aromatic carbocycles. The zero-order valence-corrected chi connectivity index (χ0v) is 11.6. The summed E-state index contributed by atoms with van der Waals surface area (Å²) in [5.41, 5.74) is 1.53. The van der Waals surface area contributed by atoms with Crippen LogP contribution in [0.1, 0.15) is 41.5 Å². The third-order valence-corrected chi connectivity index (χ3v) is 4.93. The van der Waals surface area contributed by atoms with Crippen molar-refractivity contribution in [1.82, 2.24) is 10.6 Å². The minimum atomic E-state index is -0.0949. The summed E-state index contributed by atoms with van der Waals surface area (Å²) in [5, 5.41) is 6.35. The number of carbonyl (C=O) groups excluding carboxylic acids is 1. The van der Waals surface area contributed by atoms with E-state index in [4.69, 9.17) is 0 Å². The van der Waals surface area contributed by atoms with Gasteiger partial charge in [0.2, 0.25) is 5.91 Å². The lowest BCUT2D eigenvalue weighted by Gasteiger charge is -2.12. The number of rotatable bonds is 5. The Kier molecular flexibility index (Phi) is 3.39. The Balaban J connectivity index is 1.48. The fraction of sp³-hybridized carbons (Fsp3) is 0.643. The van der Waals surface area contributed by atoms with Gasteiger partial charge in [-0.3, -0.25) is 4.79 Å². The normalized spacial score (nSPS) is 19.6. The molecule has 1 amide bonds. The van der Waals surface area contributed by atoms with Crippen LogP contribution in [0.2, 0.25) is 0 Å². The Bertz CT molecular complexity index is 429. The van der Waals surface area contributed by atoms with Crippen LogP contribution in [0.3, 0.4) is 0 Å². The first-order chi connectivity index (χ1) is 8.72. The molecule has 2 aliphatic carbocycles. The molecule has 0 aliphatic heterocycles.